The average molecular weight is 319 g/mol. The van der Waals surface area contributed by atoms with E-state index in [1.54, 1.807) is 45.4 Å². The molecule has 2 rings (SSSR count). The van der Waals surface area contributed by atoms with Crippen molar-refractivity contribution in [2.75, 3.05) is 34.9 Å². The highest BCUT2D eigenvalue weighted by Gasteiger charge is 2.16. The predicted molar refractivity (Wildman–Crippen MR) is 85.5 cm³/mol. The van der Waals surface area contributed by atoms with E-state index in [0.29, 0.717) is 36.0 Å². The molecule has 0 spiro atoms. The van der Waals surface area contributed by atoms with E-state index in [1.807, 2.05) is 12.1 Å². The van der Waals surface area contributed by atoms with Crippen molar-refractivity contribution in [3.05, 3.63) is 41.9 Å². The average Bonchev–Trinajstić information content (AvgIpc) is 3.12. The monoisotopic (exact) mass is 319 g/mol. The van der Waals surface area contributed by atoms with Crippen LogP contribution in [0.3, 0.4) is 0 Å². The van der Waals surface area contributed by atoms with E-state index in [9.17, 15) is 4.79 Å². The molecule has 124 valence electrons. The van der Waals surface area contributed by atoms with Gasteiger partial charge in [-0.1, -0.05) is 0 Å². The lowest BCUT2D eigenvalue weighted by Crippen LogP contribution is -2.28. The lowest BCUT2D eigenvalue weighted by molar-refractivity contribution is 0.0765. The van der Waals surface area contributed by atoms with Gasteiger partial charge in [0, 0.05) is 13.6 Å². The summed E-state index contributed by atoms with van der Waals surface area (Å²) in [6, 6.07) is 7.11. The van der Waals surface area contributed by atoms with Crippen molar-refractivity contribution in [2.45, 2.75) is 6.42 Å². The Morgan fingerprint density at radius 2 is 1.78 bits per heavy atom. The Morgan fingerprint density at radius 3 is 2.26 bits per heavy atom. The van der Waals surface area contributed by atoms with Gasteiger partial charge in [0.2, 0.25) is 5.75 Å². The highest BCUT2D eigenvalue weighted by Crippen LogP contribution is 2.38. The molecule has 0 fully saturated rings. The van der Waals surface area contributed by atoms with Crippen LogP contribution >= 0.6 is 0 Å². The number of ether oxygens (including phenoxy) is 3. The van der Waals surface area contributed by atoms with Crippen LogP contribution in [0.4, 0.5) is 0 Å². The molecular weight excluding hydrogens is 298 g/mol. The first-order valence-electron chi connectivity index (χ1n) is 7.18. The summed E-state index contributed by atoms with van der Waals surface area (Å²) in [5.74, 6) is 1.93. The number of carbonyl (C=O) groups is 1. The zero-order chi connectivity index (χ0) is 16.8. The predicted octanol–water partition coefficient (Wildman–Crippen LogP) is 2.62. The first-order valence-corrected chi connectivity index (χ1v) is 7.18. The number of nitrogens with zero attached hydrogens (tertiary/aromatic N) is 1. The van der Waals surface area contributed by atoms with Crippen molar-refractivity contribution >= 4 is 5.91 Å². The van der Waals surface area contributed by atoms with Crippen LogP contribution in [0, 0.1) is 0 Å². The smallest absolute Gasteiger partial charge is 0.289 e. The molecular formula is C17H21NO5. The Hall–Kier alpha value is -2.63. The van der Waals surface area contributed by atoms with Crippen LogP contribution in [0.2, 0.25) is 0 Å². The number of methoxy groups -OCH3 is 3. The Labute approximate surface area is 135 Å². The third kappa shape index (κ3) is 3.77. The maximum atomic E-state index is 12.1. The number of hydrogen-bond donors (Lipinski definition) is 0. The van der Waals surface area contributed by atoms with Gasteiger partial charge < -0.3 is 23.5 Å². The van der Waals surface area contributed by atoms with Crippen molar-refractivity contribution in [1.82, 2.24) is 4.90 Å². The largest absolute Gasteiger partial charge is 0.493 e. The standard InChI is InChI=1S/C17H21NO5/c1-18(17(19)13-6-5-9-23-13)8-7-12-10-14(20-2)16(22-4)15(11-12)21-3/h5-6,9-11H,7-8H2,1-4H3. The minimum atomic E-state index is -0.151. The summed E-state index contributed by atoms with van der Waals surface area (Å²) in [5.41, 5.74) is 0.985. The van der Waals surface area contributed by atoms with Crippen LogP contribution in [0.5, 0.6) is 17.2 Å². The molecule has 1 amide bonds. The maximum Gasteiger partial charge on any atom is 0.289 e. The van der Waals surface area contributed by atoms with Crippen LogP contribution in [0.25, 0.3) is 0 Å². The minimum absolute atomic E-state index is 0.151. The van der Waals surface area contributed by atoms with Crippen molar-refractivity contribution in [3.63, 3.8) is 0 Å². The normalized spacial score (nSPS) is 10.3. The number of carbonyl (C=O) groups excluding carboxylic acids is 1. The number of hydrogen-bond acceptors (Lipinski definition) is 5. The molecule has 2 aromatic rings. The number of furan rings is 1. The molecule has 0 aliphatic carbocycles. The summed E-state index contributed by atoms with van der Waals surface area (Å²) in [7, 11) is 6.46. The van der Waals surface area contributed by atoms with Gasteiger partial charge in [0.25, 0.3) is 5.91 Å². The molecule has 1 aromatic carbocycles. The maximum absolute atomic E-state index is 12.1. The van der Waals surface area contributed by atoms with Crippen LogP contribution in [-0.4, -0.2) is 45.7 Å². The Kier molecular flexibility index (Phi) is 5.51. The van der Waals surface area contributed by atoms with Crippen LogP contribution in [0.15, 0.2) is 34.9 Å². The van der Waals surface area contributed by atoms with Crippen molar-refractivity contribution in [2.24, 2.45) is 0 Å². The summed E-state index contributed by atoms with van der Waals surface area (Å²) >= 11 is 0. The van der Waals surface area contributed by atoms with E-state index in [1.165, 1.54) is 6.26 Å². The van der Waals surface area contributed by atoms with E-state index >= 15 is 0 Å². The van der Waals surface area contributed by atoms with Gasteiger partial charge >= 0.3 is 0 Å². The van der Waals surface area contributed by atoms with E-state index in [-0.39, 0.29) is 5.91 Å². The molecule has 0 unspecified atom stereocenters. The molecule has 0 aliphatic rings. The van der Waals surface area contributed by atoms with Crippen molar-refractivity contribution in [3.8, 4) is 17.2 Å². The molecule has 0 saturated heterocycles. The fourth-order valence-corrected chi connectivity index (χ4v) is 2.27. The molecule has 6 heteroatoms. The molecule has 1 aromatic heterocycles. The first-order chi connectivity index (χ1) is 11.1. The van der Waals surface area contributed by atoms with Crippen molar-refractivity contribution < 1.29 is 23.4 Å². The summed E-state index contributed by atoms with van der Waals surface area (Å²) < 4.78 is 21.1. The molecule has 0 aliphatic heterocycles. The van der Waals surface area contributed by atoms with Crippen molar-refractivity contribution in [1.29, 1.82) is 0 Å². The highest BCUT2D eigenvalue weighted by molar-refractivity contribution is 5.91. The number of likely N-dealkylation sites (N-methyl/N-ethyl adjacent to an activating group) is 1. The van der Waals surface area contributed by atoms with E-state index in [0.717, 1.165) is 5.56 Å². The number of rotatable bonds is 7. The second-order valence-electron chi connectivity index (χ2n) is 4.99. The molecule has 23 heavy (non-hydrogen) atoms. The van der Waals surface area contributed by atoms with Gasteiger partial charge in [-0.15, -0.1) is 0 Å². The highest BCUT2D eigenvalue weighted by atomic mass is 16.5. The topological polar surface area (TPSA) is 61.1 Å². The SMILES string of the molecule is COc1cc(CCN(C)C(=O)c2ccco2)cc(OC)c1OC. The van der Waals surface area contributed by atoms with Gasteiger partial charge in [0.15, 0.2) is 17.3 Å². The summed E-state index contributed by atoms with van der Waals surface area (Å²) in [5, 5.41) is 0. The molecule has 0 radical (unpaired) electrons. The molecule has 1 heterocycles. The van der Waals surface area contributed by atoms with Gasteiger partial charge in [-0.05, 0) is 36.2 Å². The molecule has 0 atom stereocenters. The zero-order valence-corrected chi connectivity index (χ0v) is 13.8. The van der Waals surface area contributed by atoms with Gasteiger partial charge in [0.05, 0.1) is 27.6 Å². The molecule has 0 N–H and O–H groups in total. The van der Waals surface area contributed by atoms with Gasteiger partial charge in [-0.2, -0.15) is 0 Å². The van der Waals surface area contributed by atoms with Crippen LogP contribution in [-0.2, 0) is 6.42 Å². The lowest BCUT2D eigenvalue weighted by Gasteiger charge is -2.17. The summed E-state index contributed by atoms with van der Waals surface area (Å²) in [6.07, 6.45) is 2.14. The van der Waals surface area contributed by atoms with Crippen LogP contribution in [0.1, 0.15) is 16.1 Å². The zero-order valence-electron chi connectivity index (χ0n) is 13.8. The number of benzene rings is 1. The first kappa shape index (κ1) is 16.7. The van der Waals surface area contributed by atoms with E-state index < -0.39 is 0 Å². The fraction of sp³-hybridized carbons (Fsp3) is 0.353. The third-order valence-electron chi connectivity index (χ3n) is 3.54. The third-order valence-corrected chi connectivity index (χ3v) is 3.54. The van der Waals surface area contributed by atoms with Gasteiger partial charge in [-0.25, -0.2) is 0 Å². The second-order valence-corrected chi connectivity index (χ2v) is 4.99. The summed E-state index contributed by atoms with van der Waals surface area (Å²) in [4.78, 5) is 13.7. The van der Waals surface area contributed by atoms with E-state index in [4.69, 9.17) is 18.6 Å². The quantitative estimate of drug-likeness (QED) is 0.785. The molecule has 6 nitrogen and oxygen atoms in total. The van der Waals surface area contributed by atoms with Gasteiger partial charge in [0.1, 0.15) is 0 Å². The van der Waals surface area contributed by atoms with Crippen LogP contribution < -0.4 is 14.2 Å². The Bertz CT molecular complexity index is 626. The second kappa shape index (κ2) is 7.58. The molecule has 0 saturated carbocycles. The molecule has 0 bridgehead atoms. The lowest BCUT2D eigenvalue weighted by atomic mass is 10.1. The number of amides is 1. The van der Waals surface area contributed by atoms with E-state index in [2.05, 4.69) is 0 Å². The summed E-state index contributed by atoms with van der Waals surface area (Å²) in [6.45, 7) is 0.540. The Morgan fingerprint density at radius 1 is 1.13 bits per heavy atom. The minimum Gasteiger partial charge on any atom is -0.493 e. The Balaban J connectivity index is 2.09. The fourth-order valence-electron chi connectivity index (χ4n) is 2.27. The van der Waals surface area contributed by atoms with Gasteiger partial charge in [-0.3, -0.25) is 4.79 Å².